The third kappa shape index (κ3) is 2.80. The fraction of sp³-hybridized carbons (Fsp3) is 0.357. The van der Waals surface area contributed by atoms with Crippen molar-refractivity contribution in [3.63, 3.8) is 0 Å². The summed E-state index contributed by atoms with van der Waals surface area (Å²) in [6.07, 6.45) is 0. The molecule has 7 heteroatoms. The van der Waals surface area contributed by atoms with Gasteiger partial charge in [-0.25, -0.2) is 0 Å². The summed E-state index contributed by atoms with van der Waals surface area (Å²) >= 11 is 0. The number of morpholine rings is 1. The third-order valence-electron chi connectivity index (χ3n) is 3.65. The first kappa shape index (κ1) is 12.9. The SMILES string of the molecule is [3H]c1c(B(O)O)n(CC(=O)N2CCOCC2)c2ccccc12. The standard InChI is InChI=1S/C14H17BN2O4/c18-14(16-5-7-21-8-6-16)10-17-12-4-2-1-3-11(12)9-13(17)15(19)20/h1-4,9,19-20H,5-8,10H2/i9T. The molecule has 1 amide bonds. The molecule has 110 valence electrons. The number of fused-ring (bicyclic) bond motifs is 1. The van der Waals surface area contributed by atoms with E-state index in [1.807, 2.05) is 0 Å². The van der Waals surface area contributed by atoms with Crippen LogP contribution in [0.3, 0.4) is 0 Å². The van der Waals surface area contributed by atoms with Crippen molar-refractivity contribution in [3.8, 4) is 0 Å². The molecule has 0 atom stereocenters. The van der Waals surface area contributed by atoms with Gasteiger partial charge >= 0.3 is 7.12 Å². The van der Waals surface area contributed by atoms with E-state index in [-0.39, 0.29) is 24.1 Å². The normalized spacial score (nSPS) is 16.1. The second kappa shape index (κ2) is 5.89. The summed E-state index contributed by atoms with van der Waals surface area (Å²) in [5.74, 6) is -0.119. The number of benzene rings is 1. The minimum atomic E-state index is -1.79. The van der Waals surface area contributed by atoms with Gasteiger partial charge in [-0.15, -0.1) is 0 Å². The molecule has 1 aliphatic rings. The highest BCUT2D eigenvalue weighted by Crippen LogP contribution is 2.14. The third-order valence-corrected chi connectivity index (χ3v) is 3.65. The number of ether oxygens (including phenoxy) is 1. The molecule has 1 aromatic carbocycles. The quantitative estimate of drug-likeness (QED) is 0.724. The van der Waals surface area contributed by atoms with Crippen LogP contribution in [-0.4, -0.2) is 58.8 Å². The fourth-order valence-corrected chi connectivity index (χ4v) is 2.57. The number of carbonyl (C=O) groups excluding carboxylic acids is 1. The predicted octanol–water partition coefficient (Wildman–Crippen LogP) is -0.820. The maximum atomic E-state index is 12.4. The van der Waals surface area contributed by atoms with Gasteiger partial charge in [0.2, 0.25) is 5.91 Å². The van der Waals surface area contributed by atoms with Crippen molar-refractivity contribution in [2.24, 2.45) is 0 Å². The lowest BCUT2D eigenvalue weighted by Crippen LogP contribution is -2.44. The molecule has 0 unspecified atom stereocenters. The predicted molar refractivity (Wildman–Crippen MR) is 79.2 cm³/mol. The van der Waals surface area contributed by atoms with Gasteiger partial charge in [0.25, 0.3) is 0 Å². The number of hydrogen-bond acceptors (Lipinski definition) is 4. The second-order valence-electron chi connectivity index (χ2n) is 4.98. The highest BCUT2D eigenvalue weighted by Gasteiger charge is 2.23. The van der Waals surface area contributed by atoms with E-state index in [4.69, 9.17) is 6.11 Å². The molecular formula is C14H17BN2O4. The molecule has 0 saturated carbocycles. The number of hydrogen-bond donors (Lipinski definition) is 2. The molecule has 21 heavy (non-hydrogen) atoms. The molecule has 1 aliphatic heterocycles. The van der Waals surface area contributed by atoms with Crippen LogP contribution in [0.25, 0.3) is 10.9 Å². The number of para-hydroxylation sites is 1. The number of amides is 1. The van der Waals surface area contributed by atoms with Crippen molar-refractivity contribution in [2.75, 3.05) is 26.3 Å². The van der Waals surface area contributed by atoms with Gasteiger partial charge in [0.05, 0.1) is 14.6 Å². The van der Waals surface area contributed by atoms with E-state index in [2.05, 4.69) is 0 Å². The van der Waals surface area contributed by atoms with Crippen molar-refractivity contribution >= 4 is 29.5 Å². The Hall–Kier alpha value is -1.83. The number of rotatable bonds is 3. The summed E-state index contributed by atoms with van der Waals surface area (Å²) in [4.78, 5) is 14.1. The molecule has 0 spiro atoms. The summed E-state index contributed by atoms with van der Waals surface area (Å²) in [6.45, 7) is 2.06. The van der Waals surface area contributed by atoms with E-state index in [0.717, 1.165) is 0 Å². The van der Waals surface area contributed by atoms with Crippen molar-refractivity contribution in [3.05, 3.63) is 30.3 Å². The Morgan fingerprint density at radius 3 is 2.76 bits per heavy atom. The lowest BCUT2D eigenvalue weighted by atomic mass is 9.86. The summed E-state index contributed by atoms with van der Waals surface area (Å²) in [5.41, 5.74) is 0.694. The van der Waals surface area contributed by atoms with Crippen LogP contribution in [0.5, 0.6) is 0 Å². The van der Waals surface area contributed by atoms with Gasteiger partial charge in [-0.1, -0.05) is 18.2 Å². The summed E-state index contributed by atoms with van der Waals surface area (Å²) in [6, 6.07) is 7.12. The number of nitrogens with zero attached hydrogens (tertiary/aromatic N) is 2. The number of carbonyl (C=O) groups is 1. The molecule has 2 N–H and O–H groups in total. The molecular weight excluding hydrogens is 271 g/mol. The summed E-state index contributed by atoms with van der Waals surface area (Å²) in [7, 11) is -1.79. The molecule has 6 nitrogen and oxygen atoms in total. The van der Waals surface area contributed by atoms with Gasteiger partial charge in [0, 0.05) is 24.2 Å². The maximum Gasteiger partial charge on any atom is 0.505 e. The monoisotopic (exact) mass is 290 g/mol. The Balaban J connectivity index is 1.98. The van der Waals surface area contributed by atoms with Gasteiger partial charge in [0.1, 0.15) is 6.54 Å². The topological polar surface area (TPSA) is 74.9 Å². The zero-order chi connectivity index (χ0) is 15.7. The first-order valence-electron chi connectivity index (χ1n) is 7.39. The van der Waals surface area contributed by atoms with Crippen LogP contribution in [0.1, 0.15) is 1.37 Å². The van der Waals surface area contributed by atoms with Gasteiger partial charge in [-0.2, -0.15) is 0 Å². The highest BCUT2D eigenvalue weighted by molar-refractivity contribution is 6.58. The van der Waals surface area contributed by atoms with Crippen molar-refractivity contribution in [1.82, 2.24) is 9.47 Å². The first-order valence-corrected chi connectivity index (χ1v) is 6.89. The molecule has 1 fully saturated rings. The van der Waals surface area contributed by atoms with Crippen molar-refractivity contribution < 1.29 is 21.0 Å². The van der Waals surface area contributed by atoms with Crippen LogP contribution >= 0.6 is 0 Å². The summed E-state index contributed by atoms with van der Waals surface area (Å²) < 4.78 is 14.8. The van der Waals surface area contributed by atoms with Crippen LogP contribution < -0.4 is 5.59 Å². The Labute approximate surface area is 124 Å². The molecule has 0 bridgehead atoms. The van der Waals surface area contributed by atoms with E-state index in [9.17, 15) is 14.8 Å². The minimum absolute atomic E-state index is 0.0215. The average Bonchev–Trinajstić information content (AvgIpc) is 2.81. The van der Waals surface area contributed by atoms with E-state index in [0.29, 0.717) is 37.2 Å². The molecule has 2 heterocycles. The molecule has 1 saturated heterocycles. The molecule has 0 radical (unpaired) electrons. The maximum absolute atomic E-state index is 12.4. The fourth-order valence-electron chi connectivity index (χ4n) is 2.57. The average molecular weight is 290 g/mol. The van der Waals surface area contributed by atoms with Crippen LogP contribution in [-0.2, 0) is 16.1 Å². The lowest BCUT2D eigenvalue weighted by Gasteiger charge is -2.27. The van der Waals surface area contributed by atoms with Crippen molar-refractivity contribution in [2.45, 2.75) is 6.54 Å². The minimum Gasteiger partial charge on any atom is -0.422 e. The Kier molecular flexibility index (Phi) is 3.61. The van der Waals surface area contributed by atoms with Crippen LogP contribution in [0, 0.1) is 0 Å². The highest BCUT2D eigenvalue weighted by atomic mass is 16.5. The lowest BCUT2D eigenvalue weighted by molar-refractivity contribution is -0.135. The van der Waals surface area contributed by atoms with Gasteiger partial charge in [-0.3, -0.25) is 4.79 Å². The Morgan fingerprint density at radius 2 is 2.05 bits per heavy atom. The Bertz CT molecular complexity index is 697. The van der Waals surface area contributed by atoms with E-state index in [1.165, 1.54) is 4.57 Å². The molecule has 3 rings (SSSR count). The van der Waals surface area contributed by atoms with Gasteiger partial charge < -0.3 is 24.3 Å². The van der Waals surface area contributed by atoms with Crippen LogP contribution in [0.15, 0.2) is 30.3 Å². The largest absolute Gasteiger partial charge is 0.505 e. The zero-order valence-corrected chi connectivity index (χ0v) is 11.5. The summed E-state index contributed by atoms with van der Waals surface area (Å²) in [5, 5.41) is 19.8. The van der Waals surface area contributed by atoms with Crippen molar-refractivity contribution in [1.29, 1.82) is 0 Å². The zero-order valence-electron chi connectivity index (χ0n) is 12.5. The smallest absolute Gasteiger partial charge is 0.422 e. The molecule has 1 aromatic heterocycles. The van der Waals surface area contributed by atoms with E-state index >= 15 is 0 Å². The van der Waals surface area contributed by atoms with Gasteiger partial charge in [0.15, 0.2) is 0 Å². The second-order valence-corrected chi connectivity index (χ2v) is 4.98. The van der Waals surface area contributed by atoms with Crippen LogP contribution in [0.2, 0.25) is 0 Å². The van der Waals surface area contributed by atoms with Gasteiger partial charge in [-0.05, 0) is 17.5 Å². The Morgan fingerprint density at radius 1 is 1.33 bits per heavy atom. The first-order chi connectivity index (χ1) is 10.6. The number of aromatic nitrogens is 1. The van der Waals surface area contributed by atoms with E-state index in [1.54, 1.807) is 29.2 Å². The molecule has 0 aliphatic carbocycles. The van der Waals surface area contributed by atoms with E-state index < -0.39 is 7.12 Å². The van der Waals surface area contributed by atoms with Crippen LogP contribution in [0.4, 0.5) is 0 Å². The molecule has 2 aromatic rings.